The van der Waals surface area contributed by atoms with Gasteiger partial charge in [-0.25, -0.2) is 0 Å². The molecule has 1 aromatic carbocycles. The van der Waals surface area contributed by atoms with Crippen LogP contribution in [0.2, 0.25) is 0 Å². The van der Waals surface area contributed by atoms with E-state index >= 15 is 0 Å². The van der Waals surface area contributed by atoms with Gasteiger partial charge in [-0.2, -0.15) is 0 Å². The molecule has 0 aromatic heterocycles. The van der Waals surface area contributed by atoms with Crippen molar-refractivity contribution in [2.24, 2.45) is 5.92 Å². The van der Waals surface area contributed by atoms with Crippen LogP contribution < -0.4 is 10.1 Å². The molecule has 0 bridgehead atoms. The van der Waals surface area contributed by atoms with Gasteiger partial charge in [0.1, 0.15) is 5.75 Å². The summed E-state index contributed by atoms with van der Waals surface area (Å²) in [5.74, 6) is 0.655. The summed E-state index contributed by atoms with van der Waals surface area (Å²) in [7, 11) is 0. The molecule has 19 heavy (non-hydrogen) atoms. The number of nitrogens with one attached hydrogen (secondary N) is 1. The van der Waals surface area contributed by atoms with Crippen molar-refractivity contribution in [1.82, 2.24) is 5.32 Å². The van der Waals surface area contributed by atoms with Gasteiger partial charge in [-0.1, -0.05) is 32.9 Å². The van der Waals surface area contributed by atoms with Gasteiger partial charge < -0.3 is 15.2 Å². The maximum Gasteiger partial charge on any atom is 0.258 e. The topological polar surface area (TPSA) is 58.6 Å². The highest BCUT2D eigenvalue weighted by Gasteiger charge is 2.15. The van der Waals surface area contributed by atoms with Crippen LogP contribution in [0.3, 0.4) is 0 Å². The Morgan fingerprint density at radius 3 is 2.42 bits per heavy atom. The predicted molar refractivity (Wildman–Crippen MR) is 75.2 cm³/mol. The quantitative estimate of drug-likeness (QED) is 0.790. The summed E-state index contributed by atoms with van der Waals surface area (Å²) in [6.07, 6.45) is 0.979. The number of hydrogen-bond acceptors (Lipinski definition) is 3. The molecule has 2 N–H and O–H groups in total. The monoisotopic (exact) mass is 265 g/mol. The van der Waals surface area contributed by atoms with Crippen LogP contribution in [0.15, 0.2) is 24.3 Å². The standard InChI is InChI=1S/C15H23NO3/c1-4-12-5-7-13(8-6-12)19-10-15(18)16-14(9-17)11(2)3/h5-8,11,14,17H,4,9-10H2,1-3H3,(H,16,18). The molecule has 0 saturated carbocycles. The summed E-state index contributed by atoms with van der Waals surface area (Å²) in [5.41, 5.74) is 1.23. The van der Waals surface area contributed by atoms with Gasteiger partial charge in [-0.15, -0.1) is 0 Å². The van der Waals surface area contributed by atoms with E-state index in [0.29, 0.717) is 5.75 Å². The minimum atomic E-state index is -0.224. The molecule has 1 amide bonds. The molecule has 0 radical (unpaired) electrons. The van der Waals surface area contributed by atoms with Crippen molar-refractivity contribution in [1.29, 1.82) is 0 Å². The minimum Gasteiger partial charge on any atom is -0.484 e. The van der Waals surface area contributed by atoms with Gasteiger partial charge in [0.25, 0.3) is 5.91 Å². The third-order valence-corrected chi connectivity index (χ3v) is 3.05. The number of aliphatic hydroxyl groups excluding tert-OH is 1. The van der Waals surface area contributed by atoms with E-state index < -0.39 is 0 Å². The van der Waals surface area contributed by atoms with Gasteiger partial charge >= 0.3 is 0 Å². The summed E-state index contributed by atoms with van der Waals surface area (Å²) in [4.78, 5) is 11.7. The number of rotatable bonds is 7. The molecule has 0 aliphatic heterocycles. The van der Waals surface area contributed by atoms with Crippen molar-refractivity contribution in [2.45, 2.75) is 33.2 Å². The van der Waals surface area contributed by atoms with E-state index in [0.717, 1.165) is 6.42 Å². The fraction of sp³-hybridized carbons (Fsp3) is 0.533. The number of amides is 1. The Morgan fingerprint density at radius 1 is 1.32 bits per heavy atom. The first kappa shape index (κ1) is 15.5. The highest BCUT2D eigenvalue weighted by molar-refractivity contribution is 5.77. The molecular weight excluding hydrogens is 242 g/mol. The summed E-state index contributed by atoms with van der Waals surface area (Å²) in [6.45, 7) is 5.89. The fourth-order valence-corrected chi connectivity index (χ4v) is 1.64. The SMILES string of the molecule is CCc1ccc(OCC(=O)NC(CO)C(C)C)cc1. The number of benzene rings is 1. The predicted octanol–water partition coefficient (Wildman–Crippen LogP) is 1.76. The average Bonchev–Trinajstić information content (AvgIpc) is 2.42. The lowest BCUT2D eigenvalue weighted by atomic mass is 10.1. The van der Waals surface area contributed by atoms with Crippen molar-refractivity contribution in [3.05, 3.63) is 29.8 Å². The van der Waals surface area contributed by atoms with Gasteiger partial charge in [0.15, 0.2) is 6.61 Å². The third-order valence-electron chi connectivity index (χ3n) is 3.05. The molecule has 0 saturated heterocycles. The van der Waals surface area contributed by atoms with E-state index in [4.69, 9.17) is 9.84 Å². The summed E-state index contributed by atoms with van der Waals surface area (Å²) in [5, 5.41) is 11.9. The van der Waals surface area contributed by atoms with Crippen LogP contribution in [-0.4, -0.2) is 30.3 Å². The van der Waals surface area contributed by atoms with E-state index in [9.17, 15) is 4.79 Å². The van der Waals surface area contributed by atoms with Crippen LogP contribution in [0.1, 0.15) is 26.3 Å². The zero-order valence-corrected chi connectivity index (χ0v) is 11.8. The second kappa shape index (κ2) is 7.79. The number of carbonyl (C=O) groups excluding carboxylic acids is 1. The van der Waals surface area contributed by atoms with Gasteiger partial charge in [-0.3, -0.25) is 4.79 Å². The number of aliphatic hydroxyl groups is 1. The number of carbonyl (C=O) groups is 1. The molecule has 4 nitrogen and oxygen atoms in total. The number of hydrogen-bond donors (Lipinski definition) is 2. The lowest BCUT2D eigenvalue weighted by Gasteiger charge is -2.19. The second-order valence-electron chi connectivity index (χ2n) is 4.89. The molecular formula is C15H23NO3. The van der Waals surface area contributed by atoms with Crippen molar-refractivity contribution < 1.29 is 14.6 Å². The lowest BCUT2D eigenvalue weighted by Crippen LogP contribution is -2.43. The molecule has 0 heterocycles. The van der Waals surface area contributed by atoms with Gasteiger partial charge in [0, 0.05) is 0 Å². The molecule has 0 fully saturated rings. The van der Waals surface area contributed by atoms with Crippen LogP contribution in [0, 0.1) is 5.92 Å². The van der Waals surface area contributed by atoms with Crippen molar-refractivity contribution in [3.8, 4) is 5.75 Å². The normalized spacial score (nSPS) is 12.3. The molecule has 0 spiro atoms. The lowest BCUT2D eigenvalue weighted by molar-refractivity contribution is -0.124. The third kappa shape index (κ3) is 5.30. The van der Waals surface area contributed by atoms with Crippen molar-refractivity contribution >= 4 is 5.91 Å². The Kier molecular flexibility index (Phi) is 6.36. The van der Waals surface area contributed by atoms with Crippen LogP contribution >= 0.6 is 0 Å². The van der Waals surface area contributed by atoms with E-state index in [2.05, 4.69) is 12.2 Å². The molecule has 4 heteroatoms. The number of ether oxygens (including phenoxy) is 1. The molecule has 1 aromatic rings. The Morgan fingerprint density at radius 2 is 1.95 bits per heavy atom. The van der Waals surface area contributed by atoms with Crippen LogP contribution in [0.25, 0.3) is 0 Å². The van der Waals surface area contributed by atoms with E-state index in [1.165, 1.54) is 5.56 Å². The molecule has 106 valence electrons. The minimum absolute atomic E-state index is 0.0330. The van der Waals surface area contributed by atoms with Crippen LogP contribution in [0.5, 0.6) is 5.75 Å². The maximum atomic E-state index is 11.7. The first-order valence-corrected chi connectivity index (χ1v) is 6.68. The molecule has 0 aliphatic carbocycles. The summed E-state index contributed by atoms with van der Waals surface area (Å²) >= 11 is 0. The second-order valence-corrected chi connectivity index (χ2v) is 4.89. The van der Waals surface area contributed by atoms with Crippen molar-refractivity contribution in [3.63, 3.8) is 0 Å². The Balaban J connectivity index is 2.40. The summed E-state index contributed by atoms with van der Waals surface area (Å²) < 4.78 is 5.40. The smallest absolute Gasteiger partial charge is 0.258 e. The highest BCUT2D eigenvalue weighted by atomic mass is 16.5. The molecule has 1 atom stereocenters. The first-order chi connectivity index (χ1) is 9.06. The van der Waals surface area contributed by atoms with Crippen LogP contribution in [-0.2, 0) is 11.2 Å². The van der Waals surface area contributed by atoms with E-state index in [-0.39, 0.29) is 31.1 Å². The molecule has 1 rings (SSSR count). The fourth-order valence-electron chi connectivity index (χ4n) is 1.64. The van der Waals surface area contributed by atoms with E-state index in [1.54, 1.807) is 0 Å². The summed E-state index contributed by atoms with van der Waals surface area (Å²) in [6, 6.07) is 7.46. The number of aryl methyl sites for hydroxylation is 1. The molecule has 0 aliphatic rings. The van der Waals surface area contributed by atoms with Crippen LogP contribution in [0.4, 0.5) is 0 Å². The van der Waals surface area contributed by atoms with Gasteiger partial charge in [-0.05, 0) is 30.0 Å². The zero-order chi connectivity index (χ0) is 14.3. The Bertz CT molecular complexity index is 387. The maximum absolute atomic E-state index is 11.7. The van der Waals surface area contributed by atoms with E-state index in [1.807, 2.05) is 38.1 Å². The Labute approximate surface area is 114 Å². The largest absolute Gasteiger partial charge is 0.484 e. The average molecular weight is 265 g/mol. The Hall–Kier alpha value is -1.55. The highest BCUT2D eigenvalue weighted by Crippen LogP contribution is 2.12. The molecule has 1 unspecified atom stereocenters. The van der Waals surface area contributed by atoms with Gasteiger partial charge in [0.05, 0.1) is 12.6 Å². The van der Waals surface area contributed by atoms with Crippen molar-refractivity contribution in [2.75, 3.05) is 13.2 Å². The zero-order valence-electron chi connectivity index (χ0n) is 11.8. The first-order valence-electron chi connectivity index (χ1n) is 6.68. The van der Waals surface area contributed by atoms with Gasteiger partial charge in [0.2, 0.25) is 0 Å².